The monoisotopic (exact) mass is 261 g/mol. The molecule has 1 rings (SSSR count). The molecule has 0 amide bonds. The summed E-state index contributed by atoms with van der Waals surface area (Å²) in [6.45, 7) is 2.52. The lowest BCUT2D eigenvalue weighted by Crippen LogP contribution is -2.19. The molecule has 2 nitrogen and oxygen atoms in total. The zero-order valence-electron chi connectivity index (χ0n) is 11.1. The topological polar surface area (TPSA) is 12.5 Å². The normalized spacial score (nSPS) is 11.6. The highest BCUT2D eigenvalue weighted by molar-refractivity contribution is 7.80. The quantitative estimate of drug-likeness (QED) is 0.457. The molecule has 0 spiro atoms. The summed E-state index contributed by atoms with van der Waals surface area (Å²) in [5.41, 5.74) is 2.06. The van der Waals surface area contributed by atoms with Crippen LogP contribution in [0.4, 0.5) is 0 Å². The summed E-state index contributed by atoms with van der Waals surface area (Å²) in [4.78, 5) is 1.95. The van der Waals surface area contributed by atoms with Crippen molar-refractivity contribution in [1.29, 1.82) is 0 Å². The minimum absolute atomic E-state index is 0.528. The highest BCUT2D eigenvalue weighted by Crippen LogP contribution is 2.07. The number of allylic oxidation sites excluding steroid dienone is 2. The van der Waals surface area contributed by atoms with Crippen LogP contribution in [0.2, 0.25) is 0 Å². The van der Waals surface area contributed by atoms with Crippen LogP contribution in [-0.2, 0) is 4.74 Å². The molecule has 0 aliphatic rings. The summed E-state index contributed by atoms with van der Waals surface area (Å²) in [5, 5.41) is 0.528. The molecule has 3 heteroatoms. The van der Waals surface area contributed by atoms with E-state index in [0.29, 0.717) is 11.7 Å². The second kappa shape index (κ2) is 7.67. The molecule has 18 heavy (non-hydrogen) atoms. The van der Waals surface area contributed by atoms with E-state index in [0.717, 1.165) is 11.3 Å². The van der Waals surface area contributed by atoms with Gasteiger partial charge in [0, 0.05) is 14.1 Å². The molecule has 0 radical (unpaired) electrons. The molecule has 96 valence electrons. The second-order valence-electron chi connectivity index (χ2n) is 3.94. The largest absolute Gasteiger partial charge is 0.482 e. The average Bonchev–Trinajstić information content (AvgIpc) is 2.35. The Hall–Kier alpha value is -1.61. The Morgan fingerprint density at radius 3 is 2.50 bits per heavy atom. The van der Waals surface area contributed by atoms with Crippen molar-refractivity contribution in [2.75, 3.05) is 20.7 Å². The van der Waals surface area contributed by atoms with E-state index in [1.54, 1.807) is 0 Å². The molecule has 0 unspecified atom stereocenters. The van der Waals surface area contributed by atoms with Crippen molar-refractivity contribution < 1.29 is 4.74 Å². The van der Waals surface area contributed by atoms with Gasteiger partial charge in [0.2, 0.25) is 5.05 Å². The number of thiocarbonyl (C=S) groups is 1. The first kappa shape index (κ1) is 14.5. The lowest BCUT2D eigenvalue weighted by Gasteiger charge is -2.17. The van der Waals surface area contributed by atoms with E-state index in [-0.39, 0.29) is 0 Å². The highest BCUT2D eigenvalue weighted by Gasteiger charge is 2.06. The summed E-state index contributed by atoms with van der Waals surface area (Å²) in [5.74, 6) is 0. The molecule has 0 atom stereocenters. The minimum atomic E-state index is 0.528. The van der Waals surface area contributed by atoms with Crippen LogP contribution in [0.3, 0.4) is 0 Å². The Kier molecular flexibility index (Phi) is 6.15. The van der Waals surface area contributed by atoms with Crippen molar-refractivity contribution >= 4 is 23.3 Å². The Labute approximate surface area is 115 Å². The van der Waals surface area contributed by atoms with E-state index in [1.165, 1.54) is 0 Å². The number of hydrogen-bond acceptors (Lipinski definition) is 3. The van der Waals surface area contributed by atoms with Gasteiger partial charge in [0.25, 0.3) is 0 Å². The summed E-state index contributed by atoms with van der Waals surface area (Å²) in [6.07, 6.45) is 5.99. The summed E-state index contributed by atoms with van der Waals surface area (Å²) < 4.78 is 5.36. The Morgan fingerprint density at radius 1 is 1.28 bits per heavy atom. The predicted molar refractivity (Wildman–Crippen MR) is 81.5 cm³/mol. The van der Waals surface area contributed by atoms with E-state index < -0.39 is 0 Å². The van der Waals surface area contributed by atoms with Crippen molar-refractivity contribution in [3.63, 3.8) is 0 Å². The van der Waals surface area contributed by atoms with Crippen LogP contribution in [0.15, 0.2) is 48.2 Å². The van der Waals surface area contributed by atoms with Gasteiger partial charge in [-0.15, -0.1) is 0 Å². The molecule has 0 saturated heterocycles. The lowest BCUT2D eigenvalue weighted by atomic mass is 10.2. The number of likely N-dealkylation sites (N-methyl/N-ethyl adjacent to an activating group) is 1. The molecule has 0 aromatic heterocycles. The molecular formula is C15H19NOS. The van der Waals surface area contributed by atoms with Crippen LogP contribution < -0.4 is 0 Å². The Morgan fingerprint density at radius 2 is 1.94 bits per heavy atom. The van der Waals surface area contributed by atoms with Gasteiger partial charge in [-0.25, -0.2) is 0 Å². The smallest absolute Gasteiger partial charge is 0.207 e. The highest BCUT2D eigenvalue weighted by atomic mass is 32.1. The molecule has 1 aromatic rings. The molecule has 0 N–H and O–H groups in total. The molecule has 0 aliphatic heterocycles. The van der Waals surface area contributed by atoms with E-state index in [9.17, 15) is 0 Å². The third-order valence-electron chi connectivity index (χ3n) is 2.31. The maximum atomic E-state index is 5.36. The first-order valence-electron chi connectivity index (χ1n) is 5.93. The standard InChI is InChI=1S/C15H19NOS/c1-4-17-15(18)14(16(2)3)12-8-11-13-9-6-5-7-10-13/h5-12H,4H2,1-3H3. The number of benzene rings is 1. The fraction of sp³-hybridized carbons (Fsp3) is 0.267. The van der Waals surface area contributed by atoms with Crippen molar-refractivity contribution in [3.05, 3.63) is 53.7 Å². The molecule has 1 aromatic carbocycles. The van der Waals surface area contributed by atoms with Gasteiger partial charge in [-0.1, -0.05) is 42.5 Å². The molecular weight excluding hydrogens is 242 g/mol. The third-order valence-corrected chi connectivity index (χ3v) is 2.64. The predicted octanol–water partition coefficient (Wildman–Crippen LogP) is 3.51. The van der Waals surface area contributed by atoms with Gasteiger partial charge in [0.05, 0.1) is 12.3 Å². The van der Waals surface area contributed by atoms with E-state index in [4.69, 9.17) is 17.0 Å². The fourth-order valence-corrected chi connectivity index (χ4v) is 1.79. The van der Waals surface area contributed by atoms with Gasteiger partial charge in [-0.2, -0.15) is 0 Å². The van der Waals surface area contributed by atoms with Crippen LogP contribution >= 0.6 is 12.2 Å². The van der Waals surface area contributed by atoms with Crippen molar-refractivity contribution in [3.8, 4) is 0 Å². The maximum absolute atomic E-state index is 5.36. The second-order valence-corrected chi connectivity index (χ2v) is 4.31. The average molecular weight is 261 g/mol. The van der Waals surface area contributed by atoms with Crippen LogP contribution in [0.1, 0.15) is 12.5 Å². The Balaban J connectivity index is 2.78. The van der Waals surface area contributed by atoms with Crippen molar-refractivity contribution in [2.24, 2.45) is 0 Å². The number of ether oxygens (including phenoxy) is 1. The van der Waals surface area contributed by atoms with E-state index >= 15 is 0 Å². The van der Waals surface area contributed by atoms with Gasteiger partial charge in [-0.05, 0) is 30.8 Å². The third kappa shape index (κ3) is 4.72. The molecule has 0 aliphatic carbocycles. The number of hydrogen-bond donors (Lipinski definition) is 0. The molecule has 0 fully saturated rings. The molecule has 0 bridgehead atoms. The summed E-state index contributed by atoms with van der Waals surface area (Å²) in [7, 11) is 3.90. The van der Waals surface area contributed by atoms with Gasteiger partial charge >= 0.3 is 0 Å². The van der Waals surface area contributed by atoms with Crippen LogP contribution in [0.5, 0.6) is 0 Å². The minimum Gasteiger partial charge on any atom is -0.482 e. The first-order chi connectivity index (χ1) is 8.65. The van der Waals surface area contributed by atoms with Gasteiger partial charge in [0.1, 0.15) is 0 Å². The Bertz CT molecular complexity index is 435. The van der Waals surface area contributed by atoms with Crippen LogP contribution in [0.25, 0.3) is 6.08 Å². The van der Waals surface area contributed by atoms with Crippen molar-refractivity contribution in [2.45, 2.75) is 6.92 Å². The van der Waals surface area contributed by atoms with E-state index in [1.807, 2.05) is 62.3 Å². The molecule has 0 heterocycles. The zero-order chi connectivity index (χ0) is 13.4. The summed E-state index contributed by atoms with van der Waals surface area (Å²) >= 11 is 5.21. The SMILES string of the molecule is CCOC(=S)C(=CC=Cc1ccccc1)N(C)C. The van der Waals surface area contributed by atoms with Gasteiger partial charge in [0.15, 0.2) is 0 Å². The lowest BCUT2D eigenvalue weighted by molar-refractivity contribution is 0.326. The first-order valence-corrected chi connectivity index (χ1v) is 6.34. The number of nitrogens with zero attached hydrogens (tertiary/aromatic N) is 1. The van der Waals surface area contributed by atoms with Crippen molar-refractivity contribution in [1.82, 2.24) is 4.90 Å². The number of rotatable bonds is 5. The van der Waals surface area contributed by atoms with E-state index in [2.05, 4.69) is 12.1 Å². The maximum Gasteiger partial charge on any atom is 0.207 e. The van der Waals surface area contributed by atoms with Gasteiger partial charge in [-0.3, -0.25) is 0 Å². The molecule has 0 saturated carbocycles. The zero-order valence-corrected chi connectivity index (χ0v) is 11.9. The fourth-order valence-electron chi connectivity index (χ4n) is 1.42. The van der Waals surface area contributed by atoms with Crippen LogP contribution in [0, 0.1) is 0 Å². The summed E-state index contributed by atoms with van der Waals surface area (Å²) in [6, 6.07) is 10.1. The van der Waals surface area contributed by atoms with Crippen LogP contribution in [-0.4, -0.2) is 30.7 Å². The van der Waals surface area contributed by atoms with Gasteiger partial charge < -0.3 is 9.64 Å².